The molecule has 0 aromatic heterocycles. The molecule has 2 N–H and O–H groups in total. The number of benzene rings is 1. The fraction of sp³-hybridized carbons (Fsp3) is 0.400. The number of hydrogen-bond acceptors (Lipinski definition) is 2. The minimum atomic E-state index is -4.24. The molecule has 1 aromatic rings. The average Bonchev–Trinajstić information content (AvgIpc) is 2.05. The molecule has 1 nitrogen and oxygen atoms in total. The Morgan fingerprint density at radius 1 is 1.33 bits per heavy atom. The van der Waals surface area contributed by atoms with Crippen molar-refractivity contribution >= 4 is 11.8 Å². The van der Waals surface area contributed by atoms with E-state index in [1.807, 2.05) is 0 Å². The highest BCUT2D eigenvalue weighted by Crippen LogP contribution is 2.38. The van der Waals surface area contributed by atoms with Crippen LogP contribution in [0.15, 0.2) is 29.2 Å². The molecular formula is C10H12F3NS. The Labute approximate surface area is 90.9 Å². The van der Waals surface area contributed by atoms with Gasteiger partial charge < -0.3 is 5.73 Å². The van der Waals surface area contributed by atoms with Crippen LogP contribution in [-0.2, 0) is 6.42 Å². The van der Waals surface area contributed by atoms with Crippen LogP contribution >= 0.6 is 11.8 Å². The lowest BCUT2D eigenvalue weighted by molar-refractivity contribution is -0.0328. The molecule has 15 heavy (non-hydrogen) atoms. The maximum atomic E-state index is 12.2. The van der Waals surface area contributed by atoms with E-state index in [-0.39, 0.29) is 22.7 Å². The summed E-state index contributed by atoms with van der Waals surface area (Å²) in [7, 11) is 0. The molecule has 0 heterocycles. The summed E-state index contributed by atoms with van der Waals surface area (Å²) in [6.07, 6.45) is 0.458. The Balaban J connectivity index is 2.86. The lowest BCUT2D eigenvalue weighted by Crippen LogP contribution is -2.18. The van der Waals surface area contributed by atoms with E-state index in [1.54, 1.807) is 25.1 Å². The van der Waals surface area contributed by atoms with Crippen LogP contribution in [0.3, 0.4) is 0 Å². The van der Waals surface area contributed by atoms with Crippen molar-refractivity contribution in [3.8, 4) is 0 Å². The fourth-order valence-electron chi connectivity index (χ4n) is 1.24. The van der Waals surface area contributed by atoms with Crippen LogP contribution in [0.4, 0.5) is 13.2 Å². The number of halogens is 3. The Kier molecular flexibility index (Phi) is 4.04. The molecule has 0 fully saturated rings. The number of hydrogen-bond donors (Lipinski definition) is 1. The van der Waals surface area contributed by atoms with Crippen LogP contribution in [0.1, 0.15) is 12.5 Å². The first-order valence-corrected chi connectivity index (χ1v) is 5.29. The third-order valence-electron chi connectivity index (χ3n) is 1.74. The van der Waals surface area contributed by atoms with Crippen molar-refractivity contribution in [1.82, 2.24) is 0 Å². The molecule has 0 saturated heterocycles. The van der Waals surface area contributed by atoms with E-state index in [0.29, 0.717) is 12.0 Å². The molecule has 0 radical (unpaired) electrons. The van der Waals surface area contributed by atoms with Gasteiger partial charge in [-0.3, -0.25) is 0 Å². The first-order chi connectivity index (χ1) is 6.88. The van der Waals surface area contributed by atoms with E-state index in [4.69, 9.17) is 5.73 Å². The van der Waals surface area contributed by atoms with Crippen LogP contribution < -0.4 is 5.73 Å². The Bertz CT molecular complexity index is 323. The molecule has 84 valence electrons. The summed E-state index contributed by atoms with van der Waals surface area (Å²) in [4.78, 5) is 0.238. The molecule has 0 bridgehead atoms. The molecule has 0 spiro atoms. The first kappa shape index (κ1) is 12.4. The summed E-state index contributed by atoms with van der Waals surface area (Å²) in [6.45, 7) is 1.77. The van der Waals surface area contributed by atoms with Crippen molar-refractivity contribution in [3.05, 3.63) is 29.8 Å². The van der Waals surface area contributed by atoms with E-state index in [2.05, 4.69) is 0 Å². The molecule has 0 aliphatic heterocycles. The van der Waals surface area contributed by atoms with Gasteiger partial charge in [0.1, 0.15) is 0 Å². The van der Waals surface area contributed by atoms with Crippen LogP contribution in [0.2, 0.25) is 0 Å². The maximum Gasteiger partial charge on any atom is 0.446 e. The second-order valence-electron chi connectivity index (χ2n) is 3.34. The summed E-state index contributed by atoms with van der Waals surface area (Å²) in [6, 6.07) is 6.32. The summed E-state index contributed by atoms with van der Waals surface area (Å²) >= 11 is -0.0862. The molecule has 0 aliphatic carbocycles. The highest BCUT2D eigenvalue weighted by molar-refractivity contribution is 8.00. The Morgan fingerprint density at radius 3 is 2.47 bits per heavy atom. The fourth-order valence-corrected chi connectivity index (χ4v) is 1.92. The number of nitrogens with two attached hydrogens (primary N) is 1. The number of alkyl halides is 3. The van der Waals surface area contributed by atoms with Gasteiger partial charge >= 0.3 is 5.51 Å². The van der Waals surface area contributed by atoms with Crippen molar-refractivity contribution < 1.29 is 13.2 Å². The topological polar surface area (TPSA) is 26.0 Å². The van der Waals surface area contributed by atoms with Crippen LogP contribution in [0.5, 0.6) is 0 Å². The molecule has 1 atom stereocenters. The zero-order chi connectivity index (χ0) is 11.5. The van der Waals surface area contributed by atoms with Gasteiger partial charge in [-0.1, -0.05) is 18.2 Å². The summed E-state index contributed by atoms with van der Waals surface area (Å²) in [5.74, 6) is 0. The van der Waals surface area contributed by atoms with Crippen molar-refractivity contribution in [2.45, 2.75) is 29.8 Å². The Hall–Kier alpha value is -0.680. The lowest BCUT2D eigenvalue weighted by atomic mass is 10.1. The van der Waals surface area contributed by atoms with Crippen molar-refractivity contribution in [2.24, 2.45) is 5.73 Å². The smallest absolute Gasteiger partial charge is 0.328 e. The second kappa shape index (κ2) is 4.90. The zero-order valence-electron chi connectivity index (χ0n) is 8.21. The minimum absolute atomic E-state index is 0.0862. The highest BCUT2D eigenvalue weighted by atomic mass is 32.2. The minimum Gasteiger partial charge on any atom is -0.328 e. The third-order valence-corrected chi connectivity index (χ3v) is 2.59. The standard InChI is InChI=1S/C10H12F3NS/c1-7(14)6-8-4-2-3-5-9(8)15-10(11,12)13/h2-5,7H,6,14H2,1H3. The van der Waals surface area contributed by atoms with E-state index < -0.39 is 5.51 Å². The van der Waals surface area contributed by atoms with Gasteiger partial charge in [-0.2, -0.15) is 13.2 Å². The average molecular weight is 235 g/mol. The largest absolute Gasteiger partial charge is 0.446 e. The molecule has 5 heteroatoms. The quantitative estimate of drug-likeness (QED) is 0.814. The SMILES string of the molecule is CC(N)Cc1ccccc1SC(F)(F)F. The predicted octanol–water partition coefficient (Wildman–Crippen LogP) is 3.19. The number of rotatable bonds is 3. The van der Waals surface area contributed by atoms with Gasteiger partial charge in [0.2, 0.25) is 0 Å². The number of thioether (sulfide) groups is 1. The van der Waals surface area contributed by atoms with Gasteiger partial charge in [0.05, 0.1) is 0 Å². The molecule has 1 rings (SSSR count). The van der Waals surface area contributed by atoms with Crippen molar-refractivity contribution in [2.75, 3.05) is 0 Å². The molecule has 0 aliphatic rings. The van der Waals surface area contributed by atoms with Gasteiger partial charge in [-0.05, 0) is 36.7 Å². The van der Waals surface area contributed by atoms with Crippen LogP contribution in [-0.4, -0.2) is 11.6 Å². The summed E-state index contributed by atoms with van der Waals surface area (Å²) < 4.78 is 36.6. The van der Waals surface area contributed by atoms with Gasteiger partial charge in [0, 0.05) is 10.9 Å². The van der Waals surface area contributed by atoms with Crippen molar-refractivity contribution in [3.63, 3.8) is 0 Å². The van der Waals surface area contributed by atoms with E-state index >= 15 is 0 Å². The van der Waals surface area contributed by atoms with Crippen LogP contribution in [0.25, 0.3) is 0 Å². The van der Waals surface area contributed by atoms with Gasteiger partial charge in [-0.15, -0.1) is 0 Å². The van der Waals surface area contributed by atoms with E-state index in [9.17, 15) is 13.2 Å². The highest BCUT2D eigenvalue weighted by Gasteiger charge is 2.30. The predicted molar refractivity (Wildman–Crippen MR) is 55.7 cm³/mol. The second-order valence-corrected chi connectivity index (χ2v) is 4.44. The van der Waals surface area contributed by atoms with Crippen molar-refractivity contribution in [1.29, 1.82) is 0 Å². The van der Waals surface area contributed by atoms with E-state index in [0.717, 1.165) is 0 Å². The molecule has 1 unspecified atom stereocenters. The van der Waals surface area contributed by atoms with E-state index in [1.165, 1.54) is 6.07 Å². The lowest BCUT2D eigenvalue weighted by Gasteiger charge is -2.12. The zero-order valence-corrected chi connectivity index (χ0v) is 9.03. The summed E-state index contributed by atoms with van der Waals surface area (Å²) in [5.41, 5.74) is 1.97. The molecule has 0 amide bonds. The monoisotopic (exact) mass is 235 g/mol. The van der Waals surface area contributed by atoms with Gasteiger partial charge in [-0.25, -0.2) is 0 Å². The maximum absolute atomic E-state index is 12.2. The van der Waals surface area contributed by atoms with Gasteiger partial charge in [0.15, 0.2) is 0 Å². The normalized spacial score (nSPS) is 13.9. The van der Waals surface area contributed by atoms with Crippen LogP contribution in [0, 0.1) is 0 Å². The molecule has 1 aromatic carbocycles. The summed E-state index contributed by atoms with van der Waals surface area (Å²) in [5, 5.41) is 0. The Morgan fingerprint density at radius 2 is 1.93 bits per heavy atom. The van der Waals surface area contributed by atoms with Gasteiger partial charge in [0.25, 0.3) is 0 Å². The molecule has 0 saturated carbocycles. The third kappa shape index (κ3) is 4.57. The molecular weight excluding hydrogens is 223 g/mol. The first-order valence-electron chi connectivity index (χ1n) is 4.48.